The van der Waals surface area contributed by atoms with Crippen LogP contribution in [0.2, 0.25) is 0 Å². The number of esters is 1. The third-order valence-corrected chi connectivity index (χ3v) is 4.94. The van der Waals surface area contributed by atoms with Gasteiger partial charge in [-0.15, -0.1) is 0 Å². The molecule has 4 heteroatoms. The highest BCUT2D eigenvalue weighted by Gasteiger charge is 2.25. The van der Waals surface area contributed by atoms with Gasteiger partial charge in [-0.3, -0.25) is 4.79 Å². The molecule has 0 radical (unpaired) electrons. The molecule has 0 aliphatic rings. The van der Waals surface area contributed by atoms with Crippen molar-refractivity contribution in [2.24, 2.45) is 5.92 Å². The van der Waals surface area contributed by atoms with Crippen molar-refractivity contribution in [2.75, 3.05) is 0 Å². The van der Waals surface area contributed by atoms with Crippen molar-refractivity contribution >= 4 is 11.9 Å². The lowest BCUT2D eigenvalue weighted by Crippen LogP contribution is -2.45. The topological polar surface area (TPSA) is 55.4 Å². The Morgan fingerprint density at radius 1 is 0.733 bits per heavy atom. The fourth-order valence-electron chi connectivity index (χ4n) is 3.25. The lowest BCUT2D eigenvalue weighted by Gasteiger charge is -2.20. The van der Waals surface area contributed by atoms with Crippen molar-refractivity contribution in [2.45, 2.75) is 32.4 Å². The van der Waals surface area contributed by atoms with Crippen LogP contribution in [-0.4, -0.2) is 17.9 Å². The highest BCUT2D eigenvalue weighted by atomic mass is 16.5. The van der Waals surface area contributed by atoms with E-state index < -0.39 is 12.0 Å². The fraction of sp³-hybridized carbons (Fsp3) is 0.231. The molecule has 154 valence electrons. The number of rotatable bonds is 9. The summed E-state index contributed by atoms with van der Waals surface area (Å²) in [5, 5.41) is 2.91. The molecule has 0 aliphatic heterocycles. The van der Waals surface area contributed by atoms with Crippen molar-refractivity contribution in [3.63, 3.8) is 0 Å². The predicted octanol–water partition coefficient (Wildman–Crippen LogP) is 4.34. The molecule has 3 rings (SSSR count). The highest BCUT2D eigenvalue weighted by molar-refractivity contribution is 5.86. The Labute approximate surface area is 177 Å². The molecule has 0 fully saturated rings. The average Bonchev–Trinajstić information content (AvgIpc) is 2.79. The maximum atomic E-state index is 12.8. The molecule has 0 saturated carbocycles. The molecule has 3 aromatic rings. The van der Waals surface area contributed by atoms with E-state index in [1.807, 2.05) is 97.9 Å². The van der Waals surface area contributed by atoms with Crippen LogP contribution in [0.4, 0.5) is 0 Å². The second kappa shape index (κ2) is 11.0. The summed E-state index contributed by atoms with van der Waals surface area (Å²) >= 11 is 0. The first-order valence-corrected chi connectivity index (χ1v) is 10.2. The van der Waals surface area contributed by atoms with Gasteiger partial charge in [0.1, 0.15) is 12.6 Å². The van der Waals surface area contributed by atoms with Gasteiger partial charge in [0.05, 0.1) is 0 Å². The van der Waals surface area contributed by atoms with Gasteiger partial charge in [0, 0.05) is 12.3 Å². The minimum atomic E-state index is -0.734. The number of amides is 1. The summed E-state index contributed by atoms with van der Waals surface area (Å²) in [6.07, 6.45) is 1.00. The average molecular weight is 402 g/mol. The monoisotopic (exact) mass is 401 g/mol. The van der Waals surface area contributed by atoms with Crippen molar-refractivity contribution in [3.8, 4) is 0 Å². The Hall–Kier alpha value is -3.40. The van der Waals surface area contributed by atoms with Crippen LogP contribution in [0.5, 0.6) is 0 Å². The minimum absolute atomic E-state index is 0.156. The van der Waals surface area contributed by atoms with Gasteiger partial charge in [-0.2, -0.15) is 0 Å². The van der Waals surface area contributed by atoms with Crippen LogP contribution in [0.1, 0.15) is 23.6 Å². The smallest absolute Gasteiger partial charge is 0.329 e. The van der Waals surface area contributed by atoms with Crippen molar-refractivity contribution in [1.82, 2.24) is 5.32 Å². The summed E-state index contributed by atoms with van der Waals surface area (Å²) in [6, 6.07) is 28.3. The quantitative estimate of drug-likeness (QED) is 0.543. The standard InChI is InChI=1S/C26H27NO3/c1-20(17-21-11-5-2-6-12-21)25(28)27-24(18-22-13-7-3-8-14-22)26(29)30-19-23-15-9-4-10-16-23/h2-16,20,24H,17-19H2,1H3,(H,27,28)/t20-,24?/m0/s1. The van der Waals surface area contributed by atoms with Gasteiger partial charge in [0.15, 0.2) is 0 Å². The van der Waals surface area contributed by atoms with E-state index in [1.54, 1.807) is 0 Å². The largest absolute Gasteiger partial charge is 0.459 e. The molecule has 0 spiro atoms. The second-order valence-electron chi connectivity index (χ2n) is 7.43. The molecule has 0 aliphatic carbocycles. The number of ether oxygens (including phenoxy) is 1. The molecule has 1 amide bonds. The number of benzene rings is 3. The summed E-state index contributed by atoms with van der Waals surface area (Å²) in [5.74, 6) is -0.841. The molecule has 1 N–H and O–H groups in total. The van der Waals surface area contributed by atoms with E-state index in [9.17, 15) is 9.59 Å². The van der Waals surface area contributed by atoms with Gasteiger partial charge in [-0.25, -0.2) is 4.79 Å². The molecule has 0 bridgehead atoms. The van der Waals surface area contributed by atoms with E-state index >= 15 is 0 Å². The highest BCUT2D eigenvalue weighted by Crippen LogP contribution is 2.11. The van der Waals surface area contributed by atoms with E-state index in [2.05, 4.69) is 5.32 Å². The summed E-state index contributed by atoms with van der Waals surface area (Å²) in [6.45, 7) is 2.05. The summed E-state index contributed by atoms with van der Waals surface area (Å²) in [7, 11) is 0. The summed E-state index contributed by atoms with van der Waals surface area (Å²) < 4.78 is 5.51. The summed E-state index contributed by atoms with van der Waals surface area (Å²) in [5.41, 5.74) is 2.97. The number of hydrogen-bond acceptors (Lipinski definition) is 3. The van der Waals surface area contributed by atoms with Crippen molar-refractivity contribution in [3.05, 3.63) is 108 Å². The zero-order valence-electron chi connectivity index (χ0n) is 17.2. The van der Waals surface area contributed by atoms with Gasteiger partial charge in [0.25, 0.3) is 0 Å². The number of carbonyl (C=O) groups is 2. The van der Waals surface area contributed by atoms with Crippen LogP contribution >= 0.6 is 0 Å². The third kappa shape index (κ3) is 6.59. The molecule has 3 aromatic carbocycles. The van der Waals surface area contributed by atoms with Crippen molar-refractivity contribution < 1.29 is 14.3 Å². The van der Waals surface area contributed by atoms with E-state index in [4.69, 9.17) is 4.74 Å². The van der Waals surface area contributed by atoms with E-state index in [0.717, 1.165) is 16.7 Å². The van der Waals surface area contributed by atoms with Crippen molar-refractivity contribution in [1.29, 1.82) is 0 Å². The van der Waals surface area contributed by atoms with Gasteiger partial charge < -0.3 is 10.1 Å². The molecule has 4 nitrogen and oxygen atoms in total. The van der Waals surface area contributed by atoms with Crippen LogP contribution in [-0.2, 0) is 33.8 Å². The van der Waals surface area contributed by atoms with Crippen LogP contribution in [0.25, 0.3) is 0 Å². The normalized spacial score (nSPS) is 12.6. The SMILES string of the molecule is C[C@@H](Cc1ccccc1)C(=O)NC(Cc1ccccc1)C(=O)OCc1ccccc1. The third-order valence-electron chi connectivity index (χ3n) is 4.94. The number of hydrogen-bond donors (Lipinski definition) is 1. The zero-order chi connectivity index (χ0) is 21.2. The second-order valence-corrected chi connectivity index (χ2v) is 7.43. The summed E-state index contributed by atoms with van der Waals surface area (Å²) in [4.78, 5) is 25.6. The molecule has 0 saturated heterocycles. The Morgan fingerprint density at radius 3 is 1.73 bits per heavy atom. The van der Waals surface area contributed by atoms with Gasteiger partial charge in [-0.1, -0.05) is 97.9 Å². The van der Waals surface area contributed by atoms with Crippen LogP contribution in [0.15, 0.2) is 91.0 Å². The molecular weight excluding hydrogens is 374 g/mol. The van der Waals surface area contributed by atoms with Gasteiger partial charge in [-0.05, 0) is 23.1 Å². The molecule has 0 aromatic heterocycles. The Balaban J connectivity index is 1.65. The first kappa shape index (κ1) is 21.3. The van der Waals surface area contributed by atoms with Crippen LogP contribution < -0.4 is 5.32 Å². The lowest BCUT2D eigenvalue weighted by atomic mass is 9.99. The molecule has 30 heavy (non-hydrogen) atoms. The van der Waals surface area contributed by atoms with Gasteiger partial charge in [0.2, 0.25) is 5.91 Å². The molecule has 2 atom stereocenters. The zero-order valence-corrected chi connectivity index (χ0v) is 17.2. The molecular formula is C26H27NO3. The maximum absolute atomic E-state index is 12.8. The van der Waals surface area contributed by atoms with Gasteiger partial charge >= 0.3 is 5.97 Å². The lowest BCUT2D eigenvalue weighted by molar-refractivity contribution is -0.149. The molecule has 1 unspecified atom stereocenters. The van der Waals surface area contributed by atoms with E-state index in [0.29, 0.717) is 12.8 Å². The number of carbonyl (C=O) groups excluding carboxylic acids is 2. The molecule has 0 heterocycles. The van der Waals surface area contributed by atoms with Crippen LogP contribution in [0.3, 0.4) is 0 Å². The first-order chi connectivity index (χ1) is 14.6. The predicted molar refractivity (Wildman–Crippen MR) is 118 cm³/mol. The Kier molecular flexibility index (Phi) is 7.78. The van der Waals surface area contributed by atoms with Crippen LogP contribution in [0, 0.1) is 5.92 Å². The van der Waals surface area contributed by atoms with E-state index in [1.165, 1.54) is 0 Å². The Morgan fingerprint density at radius 2 is 1.20 bits per heavy atom. The van der Waals surface area contributed by atoms with E-state index in [-0.39, 0.29) is 18.4 Å². The minimum Gasteiger partial charge on any atom is -0.459 e. The first-order valence-electron chi connectivity index (χ1n) is 10.2. The Bertz CT molecular complexity index is 926. The fourth-order valence-corrected chi connectivity index (χ4v) is 3.25. The number of nitrogens with one attached hydrogen (secondary N) is 1. The maximum Gasteiger partial charge on any atom is 0.329 e.